The van der Waals surface area contributed by atoms with E-state index in [1.165, 1.54) is 5.57 Å². The normalized spacial score (nSPS) is 39.7. The second kappa shape index (κ2) is 2.97. The molecule has 1 saturated carbocycles. The van der Waals surface area contributed by atoms with Gasteiger partial charge in [0.05, 0.1) is 0 Å². The average Bonchev–Trinajstić information content (AvgIpc) is 2.39. The zero-order valence-corrected chi connectivity index (χ0v) is 8.60. The van der Waals surface area contributed by atoms with Gasteiger partial charge in [0, 0.05) is 11.8 Å². The van der Waals surface area contributed by atoms with E-state index < -0.39 is 0 Å². The summed E-state index contributed by atoms with van der Waals surface area (Å²) in [6.45, 7) is 4.43. The third kappa shape index (κ3) is 1.25. The molecule has 72 valence electrons. The molecule has 13 heavy (non-hydrogen) atoms. The number of rotatable bonds is 0. The molecule has 2 rings (SSSR count). The molecule has 0 aliphatic heterocycles. The summed E-state index contributed by atoms with van der Waals surface area (Å²) in [5.41, 5.74) is 1.53. The van der Waals surface area contributed by atoms with Gasteiger partial charge in [0.15, 0.2) is 0 Å². The minimum atomic E-state index is 0.0551. The van der Waals surface area contributed by atoms with Crippen molar-refractivity contribution in [1.29, 1.82) is 0 Å². The summed E-state index contributed by atoms with van der Waals surface area (Å²) in [7, 11) is 0. The maximum atomic E-state index is 11.8. The van der Waals surface area contributed by atoms with E-state index in [1.54, 1.807) is 0 Å². The van der Waals surface area contributed by atoms with E-state index in [2.05, 4.69) is 19.9 Å². The van der Waals surface area contributed by atoms with E-state index in [0.717, 1.165) is 32.1 Å². The SMILES string of the molecule is CC1=CC[C@@]2(CC1)C(=O)CC[C@H]2C. The van der Waals surface area contributed by atoms with Gasteiger partial charge in [0.2, 0.25) is 0 Å². The van der Waals surface area contributed by atoms with Crippen molar-refractivity contribution in [2.45, 2.75) is 46.0 Å². The molecule has 0 N–H and O–H groups in total. The lowest BCUT2D eigenvalue weighted by Crippen LogP contribution is -2.32. The number of carbonyl (C=O) groups is 1. The molecule has 2 aliphatic rings. The van der Waals surface area contributed by atoms with Crippen molar-refractivity contribution >= 4 is 5.78 Å². The van der Waals surface area contributed by atoms with E-state index in [9.17, 15) is 4.79 Å². The Kier molecular flexibility index (Phi) is 2.05. The number of carbonyl (C=O) groups excluding carboxylic acids is 1. The molecule has 0 unspecified atom stereocenters. The van der Waals surface area contributed by atoms with Crippen LogP contribution in [0.4, 0.5) is 0 Å². The van der Waals surface area contributed by atoms with E-state index in [0.29, 0.717) is 11.7 Å². The highest BCUT2D eigenvalue weighted by atomic mass is 16.1. The third-order valence-corrected chi connectivity index (χ3v) is 4.08. The van der Waals surface area contributed by atoms with Crippen LogP contribution in [-0.2, 0) is 4.79 Å². The molecule has 1 fully saturated rings. The first-order valence-electron chi connectivity index (χ1n) is 5.34. The number of allylic oxidation sites excluding steroid dienone is 2. The van der Waals surface area contributed by atoms with Gasteiger partial charge < -0.3 is 0 Å². The fraction of sp³-hybridized carbons (Fsp3) is 0.750. The molecule has 0 aromatic rings. The van der Waals surface area contributed by atoms with Crippen LogP contribution in [0, 0.1) is 11.3 Å². The molecular weight excluding hydrogens is 160 g/mol. The molecule has 1 heteroatoms. The number of hydrogen-bond acceptors (Lipinski definition) is 1. The largest absolute Gasteiger partial charge is 0.299 e. The van der Waals surface area contributed by atoms with Gasteiger partial charge in [-0.25, -0.2) is 0 Å². The van der Waals surface area contributed by atoms with Crippen molar-refractivity contribution in [3.63, 3.8) is 0 Å². The maximum absolute atomic E-state index is 11.8. The Morgan fingerprint density at radius 3 is 2.69 bits per heavy atom. The van der Waals surface area contributed by atoms with Crippen LogP contribution >= 0.6 is 0 Å². The lowest BCUT2D eigenvalue weighted by Gasteiger charge is -2.34. The van der Waals surface area contributed by atoms with Crippen LogP contribution in [0.3, 0.4) is 0 Å². The molecule has 2 atom stereocenters. The molecule has 0 radical (unpaired) electrons. The van der Waals surface area contributed by atoms with Crippen LogP contribution < -0.4 is 0 Å². The Bertz CT molecular complexity index is 264. The van der Waals surface area contributed by atoms with Crippen LogP contribution in [0.1, 0.15) is 46.0 Å². The maximum Gasteiger partial charge on any atom is 0.139 e. The van der Waals surface area contributed by atoms with Crippen molar-refractivity contribution in [2.24, 2.45) is 11.3 Å². The van der Waals surface area contributed by atoms with E-state index in [-0.39, 0.29) is 5.41 Å². The zero-order chi connectivity index (χ0) is 9.47. The first-order chi connectivity index (χ1) is 6.15. The van der Waals surface area contributed by atoms with Crippen molar-refractivity contribution in [3.8, 4) is 0 Å². The highest BCUT2D eigenvalue weighted by molar-refractivity contribution is 5.87. The van der Waals surface area contributed by atoms with Crippen LogP contribution in [0.15, 0.2) is 11.6 Å². The Morgan fingerprint density at radius 1 is 1.46 bits per heavy atom. The summed E-state index contributed by atoms with van der Waals surface area (Å²) in [6, 6.07) is 0. The van der Waals surface area contributed by atoms with E-state index in [1.807, 2.05) is 0 Å². The van der Waals surface area contributed by atoms with Crippen molar-refractivity contribution < 1.29 is 4.79 Å². The lowest BCUT2D eigenvalue weighted by molar-refractivity contribution is -0.127. The molecule has 0 amide bonds. The topological polar surface area (TPSA) is 17.1 Å². The van der Waals surface area contributed by atoms with Crippen LogP contribution in [0.25, 0.3) is 0 Å². The fourth-order valence-corrected chi connectivity index (χ4v) is 2.83. The minimum absolute atomic E-state index is 0.0551. The van der Waals surface area contributed by atoms with Gasteiger partial charge in [-0.2, -0.15) is 0 Å². The van der Waals surface area contributed by atoms with E-state index >= 15 is 0 Å². The zero-order valence-electron chi connectivity index (χ0n) is 8.60. The van der Waals surface area contributed by atoms with Gasteiger partial charge >= 0.3 is 0 Å². The summed E-state index contributed by atoms with van der Waals surface area (Å²) in [6.07, 6.45) is 7.48. The highest BCUT2D eigenvalue weighted by Crippen LogP contribution is 2.49. The molecule has 1 spiro atoms. The fourth-order valence-electron chi connectivity index (χ4n) is 2.83. The van der Waals surface area contributed by atoms with Gasteiger partial charge in [0.1, 0.15) is 5.78 Å². The van der Waals surface area contributed by atoms with Crippen molar-refractivity contribution in [1.82, 2.24) is 0 Å². The van der Waals surface area contributed by atoms with Crippen molar-refractivity contribution in [3.05, 3.63) is 11.6 Å². The lowest BCUT2D eigenvalue weighted by atomic mass is 9.68. The summed E-state index contributed by atoms with van der Waals surface area (Å²) in [4.78, 5) is 11.8. The minimum Gasteiger partial charge on any atom is -0.299 e. The molecule has 0 aromatic heterocycles. The summed E-state index contributed by atoms with van der Waals surface area (Å²) < 4.78 is 0. The van der Waals surface area contributed by atoms with Crippen LogP contribution in [0.5, 0.6) is 0 Å². The second-order valence-electron chi connectivity index (χ2n) is 4.77. The third-order valence-electron chi connectivity index (χ3n) is 4.08. The Labute approximate surface area is 80.2 Å². The van der Waals surface area contributed by atoms with Gasteiger partial charge in [-0.15, -0.1) is 0 Å². The quantitative estimate of drug-likeness (QED) is 0.521. The Balaban J connectivity index is 2.25. The standard InChI is InChI=1S/C12H18O/c1-9-5-7-12(8-6-9)10(2)3-4-11(12)13/h5,10H,3-4,6-8H2,1-2H3/t10-,12+/m1/s1. The Hall–Kier alpha value is -0.590. The first-order valence-corrected chi connectivity index (χ1v) is 5.34. The molecule has 0 heterocycles. The number of Topliss-reactive ketones (excluding diaryl/α,β-unsaturated/α-hetero) is 1. The number of ketones is 1. The number of hydrogen-bond donors (Lipinski definition) is 0. The summed E-state index contributed by atoms with van der Waals surface area (Å²) >= 11 is 0. The van der Waals surface area contributed by atoms with Gasteiger partial charge in [0.25, 0.3) is 0 Å². The van der Waals surface area contributed by atoms with Gasteiger partial charge in [-0.1, -0.05) is 18.6 Å². The molecule has 2 aliphatic carbocycles. The second-order valence-corrected chi connectivity index (χ2v) is 4.77. The van der Waals surface area contributed by atoms with Crippen LogP contribution in [-0.4, -0.2) is 5.78 Å². The molecule has 0 bridgehead atoms. The average molecular weight is 178 g/mol. The summed E-state index contributed by atoms with van der Waals surface area (Å²) in [5.74, 6) is 1.15. The predicted octanol–water partition coefficient (Wildman–Crippen LogP) is 3.10. The van der Waals surface area contributed by atoms with Gasteiger partial charge in [-0.3, -0.25) is 4.79 Å². The predicted molar refractivity (Wildman–Crippen MR) is 53.4 cm³/mol. The Morgan fingerprint density at radius 2 is 2.23 bits per heavy atom. The molecule has 0 aromatic carbocycles. The highest BCUT2D eigenvalue weighted by Gasteiger charge is 2.46. The molecule has 0 saturated heterocycles. The first kappa shape index (κ1) is 8.98. The smallest absolute Gasteiger partial charge is 0.139 e. The van der Waals surface area contributed by atoms with Gasteiger partial charge in [-0.05, 0) is 38.5 Å². The van der Waals surface area contributed by atoms with Crippen LogP contribution in [0.2, 0.25) is 0 Å². The molecular formula is C12H18O. The summed E-state index contributed by atoms with van der Waals surface area (Å²) in [5, 5.41) is 0. The molecule has 1 nitrogen and oxygen atoms in total. The monoisotopic (exact) mass is 178 g/mol. The van der Waals surface area contributed by atoms with E-state index in [4.69, 9.17) is 0 Å². The van der Waals surface area contributed by atoms with Crippen molar-refractivity contribution in [2.75, 3.05) is 0 Å².